The SMILES string of the molecule is COc1cc2c(cc1OC)C[C@H](CC(C)C)N=C2. The molecule has 1 aromatic rings. The summed E-state index contributed by atoms with van der Waals surface area (Å²) in [4.78, 5) is 4.62. The molecule has 0 spiro atoms. The Morgan fingerprint density at radius 2 is 1.89 bits per heavy atom. The molecule has 1 heterocycles. The number of rotatable bonds is 4. The minimum Gasteiger partial charge on any atom is -0.493 e. The lowest BCUT2D eigenvalue weighted by atomic mass is 9.92. The Labute approximate surface area is 109 Å². The van der Waals surface area contributed by atoms with Crippen molar-refractivity contribution in [2.24, 2.45) is 10.9 Å². The molecule has 1 aliphatic rings. The lowest BCUT2D eigenvalue weighted by molar-refractivity contribution is 0.354. The second kappa shape index (κ2) is 5.42. The van der Waals surface area contributed by atoms with Crippen molar-refractivity contribution < 1.29 is 9.47 Å². The zero-order chi connectivity index (χ0) is 13.1. The van der Waals surface area contributed by atoms with Gasteiger partial charge in [-0.05, 0) is 42.0 Å². The first-order chi connectivity index (χ1) is 8.63. The Bertz CT molecular complexity index is 452. The van der Waals surface area contributed by atoms with Crippen molar-refractivity contribution in [3.63, 3.8) is 0 Å². The van der Waals surface area contributed by atoms with E-state index < -0.39 is 0 Å². The number of fused-ring (bicyclic) bond motifs is 1. The predicted octanol–water partition coefficient (Wildman–Crippen LogP) is 3.09. The summed E-state index contributed by atoms with van der Waals surface area (Å²) in [6, 6.07) is 4.48. The zero-order valence-corrected chi connectivity index (χ0v) is 11.6. The summed E-state index contributed by atoms with van der Waals surface area (Å²) in [6.45, 7) is 4.47. The van der Waals surface area contributed by atoms with E-state index in [0.29, 0.717) is 12.0 Å². The molecule has 0 bridgehead atoms. The first-order valence-electron chi connectivity index (χ1n) is 6.42. The number of hydrogen-bond donors (Lipinski definition) is 0. The molecular weight excluding hydrogens is 226 g/mol. The van der Waals surface area contributed by atoms with Crippen LogP contribution in [-0.4, -0.2) is 26.5 Å². The molecule has 0 fully saturated rings. The van der Waals surface area contributed by atoms with Crippen LogP contribution in [0.5, 0.6) is 11.5 Å². The van der Waals surface area contributed by atoms with E-state index in [4.69, 9.17) is 9.47 Å². The van der Waals surface area contributed by atoms with Gasteiger partial charge in [0.15, 0.2) is 11.5 Å². The molecule has 0 amide bonds. The monoisotopic (exact) mass is 247 g/mol. The van der Waals surface area contributed by atoms with Crippen molar-refractivity contribution in [3.8, 4) is 11.5 Å². The third-order valence-electron chi connectivity index (χ3n) is 3.27. The lowest BCUT2D eigenvalue weighted by Gasteiger charge is -2.21. The van der Waals surface area contributed by atoms with E-state index in [1.54, 1.807) is 14.2 Å². The predicted molar refractivity (Wildman–Crippen MR) is 74.1 cm³/mol. The zero-order valence-electron chi connectivity index (χ0n) is 11.6. The molecule has 1 aliphatic heterocycles. The average molecular weight is 247 g/mol. The van der Waals surface area contributed by atoms with Gasteiger partial charge in [-0.2, -0.15) is 0 Å². The summed E-state index contributed by atoms with van der Waals surface area (Å²) in [6.07, 6.45) is 4.09. The molecule has 0 aromatic heterocycles. The lowest BCUT2D eigenvalue weighted by Crippen LogP contribution is -2.17. The third kappa shape index (κ3) is 2.66. The second-order valence-electron chi connectivity index (χ2n) is 5.17. The van der Waals surface area contributed by atoms with Gasteiger partial charge in [-0.25, -0.2) is 0 Å². The molecule has 0 radical (unpaired) electrons. The number of hydrogen-bond acceptors (Lipinski definition) is 3. The van der Waals surface area contributed by atoms with Crippen molar-refractivity contribution in [2.45, 2.75) is 32.7 Å². The largest absolute Gasteiger partial charge is 0.493 e. The maximum absolute atomic E-state index is 5.35. The van der Waals surface area contributed by atoms with Crippen LogP contribution in [0.1, 0.15) is 31.4 Å². The van der Waals surface area contributed by atoms with Crippen LogP contribution in [-0.2, 0) is 6.42 Å². The van der Waals surface area contributed by atoms with Crippen LogP contribution in [0.4, 0.5) is 0 Å². The maximum atomic E-state index is 5.35. The van der Waals surface area contributed by atoms with Crippen molar-refractivity contribution in [2.75, 3.05) is 14.2 Å². The van der Waals surface area contributed by atoms with Crippen molar-refractivity contribution in [1.82, 2.24) is 0 Å². The molecule has 2 rings (SSSR count). The summed E-state index contributed by atoms with van der Waals surface area (Å²) in [5.74, 6) is 2.24. The summed E-state index contributed by atoms with van der Waals surface area (Å²) in [7, 11) is 3.33. The van der Waals surface area contributed by atoms with Gasteiger partial charge in [0.25, 0.3) is 0 Å². The highest BCUT2D eigenvalue weighted by molar-refractivity contribution is 5.84. The molecule has 0 saturated heterocycles. The number of benzene rings is 1. The van der Waals surface area contributed by atoms with Crippen molar-refractivity contribution >= 4 is 6.21 Å². The van der Waals surface area contributed by atoms with Gasteiger partial charge in [0.1, 0.15) is 0 Å². The van der Waals surface area contributed by atoms with E-state index in [1.165, 1.54) is 5.56 Å². The molecule has 3 heteroatoms. The van der Waals surface area contributed by atoms with Crippen LogP contribution < -0.4 is 9.47 Å². The van der Waals surface area contributed by atoms with Gasteiger partial charge in [-0.15, -0.1) is 0 Å². The van der Waals surface area contributed by atoms with Crippen LogP contribution in [0.2, 0.25) is 0 Å². The summed E-state index contributed by atoms with van der Waals surface area (Å²) < 4.78 is 10.7. The highest BCUT2D eigenvalue weighted by Gasteiger charge is 2.18. The van der Waals surface area contributed by atoms with Gasteiger partial charge in [0.05, 0.1) is 20.3 Å². The van der Waals surface area contributed by atoms with E-state index in [1.807, 2.05) is 12.3 Å². The van der Waals surface area contributed by atoms with Crippen molar-refractivity contribution in [1.29, 1.82) is 0 Å². The van der Waals surface area contributed by atoms with Crippen LogP contribution in [0.15, 0.2) is 17.1 Å². The van der Waals surface area contributed by atoms with Crippen LogP contribution in [0.25, 0.3) is 0 Å². The third-order valence-corrected chi connectivity index (χ3v) is 3.27. The molecule has 1 atom stereocenters. The highest BCUT2D eigenvalue weighted by Crippen LogP contribution is 2.32. The maximum Gasteiger partial charge on any atom is 0.161 e. The first-order valence-corrected chi connectivity index (χ1v) is 6.42. The van der Waals surface area contributed by atoms with E-state index >= 15 is 0 Å². The highest BCUT2D eigenvalue weighted by atomic mass is 16.5. The fraction of sp³-hybridized carbons (Fsp3) is 0.533. The van der Waals surface area contributed by atoms with E-state index in [0.717, 1.165) is 29.9 Å². The molecule has 0 saturated carbocycles. The number of nitrogens with zero attached hydrogens (tertiary/aromatic N) is 1. The molecular formula is C15H21NO2. The summed E-state index contributed by atoms with van der Waals surface area (Å²) in [5, 5.41) is 0. The Morgan fingerprint density at radius 1 is 1.22 bits per heavy atom. The van der Waals surface area contributed by atoms with Crippen LogP contribution in [0.3, 0.4) is 0 Å². The van der Waals surface area contributed by atoms with Gasteiger partial charge in [-0.3, -0.25) is 4.99 Å². The van der Waals surface area contributed by atoms with Gasteiger partial charge in [0, 0.05) is 6.21 Å². The van der Waals surface area contributed by atoms with Crippen molar-refractivity contribution in [3.05, 3.63) is 23.3 Å². The number of methoxy groups -OCH3 is 2. The Kier molecular flexibility index (Phi) is 3.90. The second-order valence-corrected chi connectivity index (χ2v) is 5.17. The standard InChI is InChI=1S/C15H21NO2/c1-10(2)5-13-6-11-7-14(17-3)15(18-4)8-12(11)9-16-13/h7-10,13H,5-6H2,1-4H3/t13-/m0/s1. The number of aliphatic imine (C=N–C) groups is 1. The first kappa shape index (κ1) is 12.9. The summed E-state index contributed by atoms with van der Waals surface area (Å²) >= 11 is 0. The molecule has 18 heavy (non-hydrogen) atoms. The quantitative estimate of drug-likeness (QED) is 0.818. The molecule has 1 aromatic carbocycles. The Morgan fingerprint density at radius 3 is 2.50 bits per heavy atom. The minimum absolute atomic E-state index is 0.399. The molecule has 98 valence electrons. The van der Waals surface area contributed by atoms with Gasteiger partial charge in [0.2, 0.25) is 0 Å². The average Bonchev–Trinajstić information content (AvgIpc) is 2.36. The van der Waals surface area contributed by atoms with Gasteiger partial charge >= 0.3 is 0 Å². The normalized spacial score (nSPS) is 17.7. The topological polar surface area (TPSA) is 30.8 Å². The molecule has 0 aliphatic carbocycles. The van der Waals surface area contributed by atoms with Crippen LogP contribution in [0, 0.1) is 5.92 Å². The van der Waals surface area contributed by atoms with E-state index in [9.17, 15) is 0 Å². The minimum atomic E-state index is 0.399. The molecule has 3 nitrogen and oxygen atoms in total. The fourth-order valence-electron chi connectivity index (χ4n) is 2.41. The summed E-state index contributed by atoms with van der Waals surface area (Å²) in [5.41, 5.74) is 2.45. The van der Waals surface area contributed by atoms with Gasteiger partial charge < -0.3 is 9.47 Å². The van der Waals surface area contributed by atoms with E-state index in [-0.39, 0.29) is 0 Å². The fourth-order valence-corrected chi connectivity index (χ4v) is 2.41. The number of ether oxygens (including phenoxy) is 2. The molecule has 0 unspecified atom stereocenters. The smallest absolute Gasteiger partial charge is 0.161 e. The van der Waals surface area contributed by atoms with Crippen LogP contribution >= 0.6 is 0 Å². The Balaban J connectivity index is 2.27. The molecule has 0 N–H and O–H groups in total. The van der Waals surface area contributed by atoms with E-state index in [2.05, 4.69) is 24.9 Å². The van der Waals surface area contributed by atoms with Gasteiger partial charge in [-0.1, -0.05) is 13.8 Å². The Hall–Kier alpha value is -1.51.